The van der Waals surface area contributed by atoms with Crippen molar-refractivity contribution in [1.82, 2.24) is 4.31 Å². The van der Waals surface area contributed by atoms with Crippen LogP contribution in [0.2, 0.25) is 0 Å². The molecule has 1 fully saturated rings. The first kappa shape index (κ1) is 21.4. The van der Waals surface area contributed by atoms with E-state index in [-0.39, 0.29) is 49.6 Å². The Bertz CT molecular complexity index is 795. The Morgan fingerprint density at radius 2 is 1.93 bits per heavy atom. The van der Waals surface area contributed by atoms with Gasteiger partial charge in [0.1, 0.15) is 5.69 Å². The predicted molar refractivity (Wildman–Crippen MR) is 94.2 cm³/mol. The number of hydrogen-bond acceptors (Lipinski definition) is 5. The first-order chi connectivity index (χ1) is 12.5. The Balaban J connectivity index is 2.43. The lowest BCUT2D eigenvalue weighted by atomic mass is 9.97. The van der Waals surface area contributed by atoms with Gasteiger partial charge in [-0.25, -0.2) is 8.42 Å². The molecular formula is C16H22F3N3O4S. The SMILES string of the molecule is CCN(CC)S(=O)(=O)c1ccc(N2CCC[C@@H](C(F)(F)F)C2)c([N+](=O)[O-])c1. The van der Waals surface area contributed by atoms with Crippen molar-refractivity contribution in [1.29, 1.82) is 0 Å². The third-order valence-corrected chi connectivity index (χ3v) is 6.76. The summed E-state index contributed by atoms with van der Waals surface area (Å²) < 4.78 is 65.4. The molecule has 0 spiro atoms. The molecule has 0 bridgehead atoms. The second-order valence-corrected chi connectivity index (χ2v) is 8.26. The standard InChI is InChI=1S/C16H22F3N3O4S/c1-3-21(4-2)27(25,26)13-7-8-14(15(10-13)22(23)24)20-9-5-6-12(11-20)16(17,18)19/h7-8,10,12H,3-6,9,11H2,1-2H3/t12-/m1/s1. The number of alkyl halides is 3. The van der Waals surface area contributed by atoms with Gasteiger partial charge in [-0.2, -0.15) is 17.5 Å². The van der Waals surface area contributed by atoms with Gasteiger partial charge in [0.25, 0.3) is 5.69 Å². The van der Waals surface area contributed by atoms with Crippen molar-refractivity contribution in [3.8, 4) is 0 Å². The molecule has 7 nitrogen and oxygen atoms in total. The van der Waals surface area contributed by atoms with Gasteiger partial charge in [0.2, 0.25) is 10.0 Å². The number of sulfonamides is 1. The van der Waals surface area contributed by atoms with Crippen molar-refractivity contribution in [3.63, 3.8) is 0 Å². The van der Waals surface area contributed by atoms with Gasteiger partial charge in [0.05, 0.1) is 15.7 Å². The van der Waals surface area contributed by atoms with Gasteiger partial charge in [-0.3, -0.25) is 10.1 Å². The van der Waals surface area contributed by atoms with Gasteiger partial charge in [0.15, 0.2) is 0 Å². The molecule has 0 aliphatic carbocycles. The monoisotopic (exact) mass is 409 g/mol. The van der Waals surface area contributed by atoms with Crippen molar-refractivity contribution in [2.45, 2.75) is 37.8 Å². The van der Waals surface area contributed by atoms with Crippen LogP contribution in [0.5, 0.6) is 0 Å². The van der Waals surface area contributed by atoms with Crippen LogP contribution in [-0.4, -0.2) is 50.0 Å². The molecule has 11 heteroatoms. The summed E-state index contributed by atoms with van der Waals surface area (Å²) in [5, 5.41) is 11.5. The average Bonchev–Trinajstić information content (AvgIpc) is 2.61. The van der Waals surface area contributed by atoms with Gasteiger partial charge in [-0.15, -0.1) is 0 Å². The van der Waals surface area contributed by atoms with Crippen molar-refractivity contribution >= 4 is 21.4 Å². The lowest BCUT2D eigenvalue weighted by molar-refractivity contribution is -0.384. The fourth-order valence-corrected chi connectivity index (χ4v) is 4.73. The second kappa shape index (κ2) is 8.01. The van der Waals surface area contributed by atoms with Crippen LogP contribution in [0.15, 0.2) is 23.1 Å². The molecule has 1 saturated heterocycles. The molecule has 0 aromatic heterocycles. The number of hydrogen-bond donors (Lipinski definition) is 0. The number of nitro benzene ring substituents is 1. The third-order valence-electron chi connectivity index (χ3n) is 4.71. The summed E-state index contributed by atoms with van der Waals surface area (Å²) in [5.74, 6) is -1.56. The van der Waals surface area contributed by atoms with Gasteiger partial charge in [0, 0.05) is 32.2 Å². The summed E-state index contributed by atoms with van der Waals surface area (Å²) >= 11 is 0. The van der Waals surface area contributed by atoms with Gasteiger partial charge >= 0.3 is 6.18 Å². The topological polar surface area (TPSA) is 83.8 Å². The quantitative estimate of drug-likeness (QED) is 0.531. The van der Waals surface area contributed by atoms with Gasteiger partial charge in [-0.05, 0) is 25.0 Å². The zero-order valence-electron chi connectivity index (χ0n) is 15.1. The number of halogens is 3. The molecule has 1 aliphatic rings. The Morgan fingerprint density at radius 1 is 1.30 bits per heavy atom. The highest BCUT2D eigenvalue weighted by molar-refractivity contribution is 7.89. The summed E-state index contributed by atoms with van der Waals surface area (Å²) in [6.07, 6.45) is -4.15. The molecule has 1 aliphatic heterocycles. The van der Waals surface area contributed by atoms with Crippen molar-refractivity contribution in [3.05, 3.63) is 28.3 Å². The number of anilines is 1. The Labute approximate surface area is 156 Å². The molecule has 1 aromatic rings. The van der Waals surface area contributed by atoms with E-state index < -0.39 is 32.7 Å². The molecule has 0 amide bonds. The van der Waals surface area contributed by atoms with Crippen LogP contribution in [0.1, 0.15) is 26.7 Å². The lowest BCUT2D eigenvalue weighted by Gasteiger charge is -2.35. The lowest BCUT2D eigenvalue weighted by Crippen LogP contribution is -2.42. The largest absolute Gasteiger partial charge is 0.393 e. The molecule has 1 heterocycles. The first-order valence-corrected chi connectivity index (χ1v) is 10.1. The first-order valence-electron chi connectivity index (χ1n) is 8.62. The minimum Gasteiger partial charge on any atom is -0.365 e. The number of piperidine rings is 1. The predicted octanol–water partition coefficient (Wildman–Crippen LogP) is 3.40. The maximum absolute atomic E-state index is 13.0. The highest BCUT2D eigenvalue weighted by atomic mass is 32.2. The second-order valence-electron chi connectivity index (χ2n) is 6.32. The fraction of sp³-hybridized carbons (Fsp3) is 0.625. The van der Waals surface area contributed by atoms with E-state index >= 15 is 0 Å². The normalized spacial score (nSPS) is 18.7. The average molecular weight is 409 g/mol. The molecule has 0 unspecified atom stereocenters. The number of rotatable bonds is 6. The smallest absolute Gasteiger partial charge is 0.365 e. The molecule has 27 heavy (non-hydrogen) atoms. The van der Waals surface area contributed by atoms with Crippen LogP contribution in [0.3, 0.4) is 0 Å². The summed E-state index contributed by atoms with van der Waals surface area (Å²) in [7, 11) is -3.91. The van der Waals surface area contributed by atoms with E-state index in [9.17, 15) is 31.7 Å². The minimum atomic E-state index is -4.38. The van der Waals surface area contributed by atoms with Crippen LogP contribution in [0, 0.1) is 16.0 Å². The Hall–Kier alpha value is -1.88. The number of benzene rings is 1. The summed E-state index contributed by atoms with van der Waals surface area (Å²) in [5.41, 5.74) is -0.501. The van der Waals surface area contributed by atoms with E-state index in [1.807, 2.05) is 0 Å². The summed E-state index contributed by atoms with van der Waals surface area (Å²) in [4.78, 5) is 11.8. The van der Waals surface area contributed by atoms with Crippen molar-refractivity contribution in [2.24, 2.45) is 5.92 Å². The Morgan fingerprint density at radius 3 is 2.44 bits per heavy atom. The summed E-state index contributed by atoms with van der Waals surface area (Å²) in [6, 6.07) is 3.38. The number of nitrogens with zero attached hydrogens (tertiary/aromatic N) is 3. The molecule has 0 saturated carbocycles. The maximum Gasteiger partial charge on any atom is 0.393 e. The van der Waals surface area contributed by atoms with Crippen LogP contribution in [0.4, 0.5) is 24.5 Å². The van der Waals surface area contributed by atoms with E-state index in [4.69, 9.17) is 0 Å². The molecule has 152 valence electrons. The van der Waals surface area contributed by atoms with Crippen molar-refractivity contribution < 1.29 is 26.5 Å². The highest BCUT2D eigenvalue weighted by Gasteiger charge is 2.42. The maximum atomic E-state index is 13.0. The van der Waals surface area contributed by atoms with Crippen LogP contribution in [-0.2, 0) is 10.0 Å². The molecular weight excluding hydrogens is 387 g/mol. The molecule has 2 rings (SSSR count). The third kappa shape index (κ3) is 4.52. The zero-order chi connectivity index (χ0) is 20.4. The summed E-state index contributed by atoms with van der Waals surface area (Å²) in [6.45, 7) is 3.56. The molecule has 0 radical (unpaired) electrons. The van der Waals surface area contributed by atoms with Crippen LogP contribution < -0.4 is 4.90 Å². The minimum absolute atomic E-state index is 0.00690. The van der Waals surface area contributed by atoms with E-state index in [1.54, 1.807) is 13.8 Å². The fourth-order valence-electron chi connectivity index (χ4n) is 3.25. The molecule has 0 N–H and O–H groups in total. The number of nitro groups is 1. The van der Waals surface area contributed by atoms with Gasteiger partial charge < -0.3 is 4.90 Å². The van der Waals surface area contributed by atoms with E-state index in [1.165, 1.54) is 17.0 Å². The highest BCUT2D eigenvalue weighted by Crippen LogP contribution is 2.38. The zero-order valence-corrected chi connectivity index (χ0v) is 15.9. The Kier molecular flexibility index (Phi) is 6.35. The van der Waals surface area contributed by atoms with E-state index in [0.717, 1.165) is 10.4 Å². The van der Waals surface area contributed by atoms with E-state index in [0.29, 0.717) is 0 Å². The molecule has 1 atom stereocenters. The molecule has 1 aromatic carbocycles. The van der Waals surface area contributed by atoms with Crippen LogP contribution >= 0.6 is 0 Å². The van der Waals surface area contributed by atoms with Crippen molar-refractivity contribution in [2.75, 3.05) is 31.1 Å². The van der Waals surface area contributed by atoms with E-state index in [2.05, 4.69) is 0 Å². The van der Waals surface area contributed by atoms with Gasteiger partial charge in [-0.1, -0.05) is 13.8 Å². The van der Waals surface area contributed by atoms with Crippen LogP contribution in [0.25, 0.3) is 0 Å².